The molecule has 4 aliphatic heterocycles. The van der Waals surface area contributed by atoms with Crippen LogP contribution in [0.25, 0.3) is 0 Å². The van der Waals surface area contributed by atoms with Gasteiger partial charge in [0.1, 0.15) is 34.8 Å². The maximum Gasteiger partial charge on any atom is 0.355 e. The smallest absolute Gasteiger partial charge is 0.355 e. The molecule has 0 radical (unpaired) electrons. The summed E-state index contributed by atoms with van der Waals surface area (Å²) in [7, 11) is 3.82. The van der Waals surface area contributed by atoms with E-state index in [0.29, 0.717) is 45.9 Å². The summed E-state index contributed by atoms with van der Waals surface area (Å²) in [6, 6.07) is -2.71. The minimum Gasteiger partial charge on any atom is -0.480 e. The number of aromatic nitrogens is 6. The summed E-state index contributed by atoms with van der Waals surface area (Å²) in [6.07, 6.45) is -0.408. The number of carbonyl (C=O) groups excluding carboxylic acids is 5. The maximum absolute atomic E-state index is 15.2. The monoisotopic (exact) mass is 877 g/mol. The molecule has 0 spiro atoms. The van der Waals surface area contributed by atoms with Gasteiger partial charge in [0.05, 0.1) is 30.8 Å². The van der Waals surface area contributed by atoms with Gasteiger partial charge in [0.2, 0.25) is 17.0 Å². The number of likely N-dealkylation sites (N-methyl/N-ethyl adjacent to an activating group) is 1. The lowest BCUT2D eigenvalue weighted by molar-refractivity contribution is -0.150. The Morgan fingerprint density at radius 3 is 2.40 bits per heavy atom. The van der Waals surface area contributed by atoms with Crippen molar-refractivity contribution in [2.75, 3.05) is 56.0 Å². The van der Waals surface area contributed by atoms with Gasteiger partial charge in [-0.3, -0.25) is 29.0 Å². The average molecular weight is 878 g/mol. The number of β-lactam (4-membered cyclic amide) rings is 1. The number of nitrogens with one attached hydrogen (secondary N) is 2. The second-order valence-electron chi connectivity index (χ2n) is 13.2. The van der Waals surface area contributed by atoms with Gasteiger partial charge in [0.25, 0.3) is 11.8 Å². The second-order valence-corrected chi connectivity index (χ2v) is 18.1. The highest BCUT2D eigenvalue weighted by Gasteiger charge is 2.56. The van der Waals surface area contributed by atoms with Gasteiger partial charge in [0, 0.05) is 40.1 Å². The van der Waals surface area contributed by atoms with Gasteiger partial charge in [-0.25, -0.2) is 24.2 Å². The third-order valence-electron chi connectivity index (χ3n) is 8.94. The van der Waals surface area contributed by atoms with Crippen molar-refractivity contribution in [2.45, 2.75) is 47.4 Å². The van der Waals surface area contributed by atoms with Gasteiger partial charge < -0.3 is 36.8 Å². The number of ether oxygens (including phenoxy) is 1. The first-order valence-corrected chi connectivity index (χ1v) is 21.9. The number of carboxylic acids is 1. The van der Waals surface area contributed by atoms with E-state index in [1.165, 1.54) is 39.8 Å². The number of thiazole rings is 2. The van der Waals surface area contributed by atoms with Crippen LogP contribution in [0.1, 0.15) is 11.4 Å². The third-order valence-corrected chi connectivity index (χ3v) is 14.1. The van der Waals surface area contributed by atoms with Crippen molar-refractivity contribution >= 4 is 104 Å². The zero-order chi connectivity index (χ0) is 40.5. The number of nitrogen functional groups attached to an aromatic ring is 2. The van der Waals surface area contributed by atoms with E-state index in [1.54, 1.807) is 15.4 Å². The van der Waals surface area contributed by atoms with Crippen LogP contribution in [0.3, 0.4) is 0 Å². The van der Waals surface area contributed by atoms with E-state index >= 15 is 4.79 Å². The van der Waals surface area contributed by atoms with E-state index in [4.69, 9.17) is 16.2 Å². The predicted octanol–water partition coefficient (Wildman–Crippen LogP) is -1.17. The van der Waals surface area contributed by atoms with Crippen LogP contribution in [-0.2, 0) is 52.9 Å². The molecule has 302 valence electrons. The van der Waals surface area contributed by atoms with Crippen molar-refractivity contribution in [2.24, 2.45) is 0 Å². The number of aliphatic carboxylic acids is 1. The van der Waals surface area contributed by atoms with Crippen molar-refractivity contribution in [3.05, 3.63) is 44.7 Å². The van der Waals surface area contributed by atoms with Crippen LogP contribution in [0.15, 0.2) is 38.5 Å². The molecule has 7 N–H and O–H groups in total. The van der Waals surface area contributed by atoms with Crippen LogP contribution in [0.5, 0.6) is 0 Å². The van der Waals surface area contributed by atoms with Gasteiger partial charge in [-0.05, 0) is 30.1 Å². The van der Waals surface area contributed by atoms with E-state index in [1.807, 2.05) is 19.0 Å². The molecule has 3 aromatic heterocycles. The van der Waals surface area contributed by atoms with Crippen molar-refractivity contribution in [3.63, 3.8) is 0 Å². The number of carbonyl (C=O) groups is 6. The number of nitrogens with zero attached hydrogens (tertiary/aromatic N) is 9. The molecule has 1 saturated heterocycles. The van der Waals surface area contributed by atoms with E-state index < -0.39 is 58.4 Å². The minimum atomic E-state index is -1.71. The number of tetrazole rings is 1. The Labute approximate surface area is 344 Å². The zero-order valence-electron chi connectivity index (χ0n) is 30.1. The van der Waals surface area contributed by atoms with Crippen molar-refractivity contribution in [3.8, 4) is 0 Å². The molecule has 7 heterocycles. The lowest BCUT2D eigenvalue weighted by atomic mass is 10.0. The van der Waals surface area contributed by atoms with Crippen LogP contribution < -0.4 is 22.1 Å². The first-order chi connectivity index (χ1) is 27.3. The number of esters is 1. The molecule has 0 aliphatic carbocycles. The largest absolute Gasteiger partial charge is 0.480 e. The summed E-state index contributed by atoms with van der Waals surface area (Å²) in [5.41, 5.74) is 12.9. The Kier molecular flexibility index (Phi) is 12.1. The quantitative estimate of drug-likeness (QED) is 0.0683. The summed E-state index contributed by atoms with van der Waals surface area (Å²) in [6.45, 7) is 1.01. The summed E-state index contributed by atoms with van der Waals surface area (Å²) >= 11 is 5.89. The molecule has 1 fully saturated rings. The maximum atomic E-state index is 15.2. The number of hydrogen-bond acceptors (Lipinski definition) is 20. The van der Waals surface area contributed by atoms with Gasteiger partial charge in [-0.2, -0.15) is 0 Å². The molecule has 4 atom stereocenters. The Hall–Kier alpha value is -4.76. The predicted molar refractivity (Wildman–Crippen MR) is 210 cm³/mol. The molecule has 0 saturated carbocycles. The van der Waals surface area contributed by atoms with Crippen LogP contribution in [0.2, 0.25) is 0 Å². The summed E-state index contributed by atoms with van der Waals surface area (Å²) < 4.78 is 6.94. The zero-order valence-corrected chi connectivity index (χ0v) is 34.2. The highest BCUT2D eigenvalue weighted by Crippen LogP contribution is 2.45. The number of anilines is 2. The van der Waals surface area contributed by atoms with Crippen LogP contribution in [0.4, 0.5) is 10.3 Å². The minimum absolute atomic E-state index is 0.0891. The second kappa shape index (κ2) is 17.0. The fourth-order valence-corrected chi connectivity index (χ4v) is 11.1. The van der Waals surface area contributed by atoms with Crippen LogP contribution >= 0.6 is 58.0 Å². The number of hydrogen-bond donors (Lipinski definition) is 5. The molecule has 3 aromatic rings. The molecule has 4 aliphatic rings. The molecule has 57 heavy (non-hydrogen) atoms. The van der Waals surface area contributed by atoms with Crippen molar-refractivity contribution in [1.29, 1.82) is 0 Å². The molecule has 0 aromatic carbocycles. The van der Waals surface area contributed by atoms with Crippen molar-refractivity contribution < 1.29 is 38.6 Å². The van der Waals surface area contributed by atoms with E-state index in [0.717, 1.165) is 28.0 Å². The van der Waals surface area contributed by atoms with Gasteiger partial charge >= 0.3 is 11.9 Å². The highest BCUT2D eigenvalue weighted by atomic mass is 32.2. The molecular formula is C31H35N13O8S5. The number of carboxylic acid groups (broad SMARTS) is 1. The number of fused-ring (bicyclic) bond motifs is 1. The van der Waals surface area contributed by atoms with E-state index in [-0.39, 0.29) is 53.2 Å². The SMILES string of the molecule is CN(C)CCn1nnnc1SCC1=C(C(=O)N2C3=C(COC3=O)CSC2C(NC(=O)Cc2csc(N)n2)C(=O)O)N2C(=O)[C@@H](NC(=O)Cc3csc(N)n3)[C@H]2SC1. The fourth-order valence-electron chi connectivity index (χ4n) is 6.30. The summed E-state index contributed by atoms with van der Waals surface area (Å²) in [5, 5.41) is 29.9. The normalized spacial score (nSPS) is 20.9. The number of nitrogens with two attached hydrogens (primary N) is 2. The number of amides is 4. The fraction of sp³-hybridized carbons (Fsp3) is 0.452. The van der Waals surface area contributed by atoms with Crippen LogP contribution in [-0.4, -0.2) is 153 Å². The lowest BCUT2D eigenvalue weighted by Gasteiger charge is -2.51. The Morgan fingerprint density at radius 1 is 1.05 bits per heavy atom. The molecule has 7 rings (SSSR count). The third kappa shape index (κ3) is 8.59. The Balaban J connectivity index is 1.21. The molecular weight excluding hydrogens is 843 g/mol. The molecule has 0 bridgehead atoms. The van der Waals surface area contributed by atoms with Gasteiger partial charge in [0.15, 0.2) is 16.3 Å². The number of thioether (sulfide) groups is 3. The van der Waals surface area contributed by atoms with E-state index in [2.05, 4.69) is 36.1 Å². The first-order valence-electron chi connectivity index (χ1n) is 17.0. The molecule has 2 unspecified atom stereocenters. The lowest BCUT2D eigenvalue weighted by Crippen LogP contribution is -2.71. The summed E-state index contributed by atoms with van der Waals surface area (Å²) in [4.78, 5) is 94.2. The highest BCUT2D eigenvalue weighted by molar-refractivity contribution is 8.01. The van der Waals surface area contributed by atoms with E-state index in [9.17, 15) is 29.1 Å². The number of rotatable bonds is 15. The van der Waals surface area contributed by atoms with Crippen LogP contribution in [0, 0.1) is 0 Å². The van der Waals surface area contributed by atoms with Crippen molar-refractivity contribution in [1.82, 2.24) is 55.5 Å². The van der Waals surface area contributed by atoms with Gasteiger partial charge in [-0.1, -0.05) is 11.8 Å². The first kappa shape index (κ1) is 40.4. The Bertz CT molecular complexity index is 2190. The molecule has 26 heteroatoms. The number of cyclic esters (lactones) is 1. The standard InChI is InChI=1S/C31H35N13O8S5/c1-41(2)3-4-42-31(38-39-40-42)57-10-14-9-54-25-19(36-17(45)5-15-11-55-29(32)34-15)23(47)43(25)21(14)24(48)44-22-13(7-52-28(22)51)8-53-26(44)20(27(49)50)37-18(46)6-16-12-56-30(33)35-16/h11-12,19-20,25-26H,3-10H2,1-2H3,(H2,32,34)(H2,33,35)(H,36,45)(H,37,46)(H,49,50)/t19-,20?,25-,26?/m1/s1. The van der Waals surface area contributed by atoms with Gasteiger partial charge in [-0.15, -0.1) is 51.3 Å². The Morgan fingerprint density at radius 2 is 1.75 bits per heavy atom. The average Bonchev–Trinajstić information content (AvgIpc) is 3.98. The summed E-state index contributed by atoms with van der Waals surface area (Å²) in [5.74, 6) is -4.45. The molecule has 21 nitrogen and oxygen atoms in total. The topological polar surface area (TPSA) is 287 Å². The molecule has 4 amide bonds.